The Balaban J connectivity index is 1.33. The maximum absolute atomic E-state index is 5.03. The fraction of sp³-hybridized carbons (Fsp3) is 0.0455. The first-order valence-electron chi connectivity index (χ1n) is 16.2. The van der Waals surface area contributed by atoms with Crippen molar-refractivity contribution in [1.29, 1.82) is 0 Å². The van der Waals surface area contributed by atoms with E-state index in [-0.39, 0.29) is 0 Å². The highest BCUT2D eigenvalue weighted by Crippen LogP contribution is 2.43. The number of hydrogen-bond donors (Lipinski definition) is 0. The average Bonchev–Trinajstić information content (AvgIpc) is 3.87. The molecule has 0 saturated heterocycles. The molecular formula is C44H34N4. The fourth-order valence-corrected chi connectivity index (χ4v) is 7.25. The Bertz CT molecular complexity index is 1850. The zero-order valence-corrected chi connectivity index (χ0v) is 26.4. The molecule has 48 heavy (non-hydrogen) atoms. The second kappa shape index (κ2) is 12.5. The quantitative estimate of drug-likeness (QED) is 0.151. The largest absolute Gasteiger partial charge is 0.318 e. The number of nitrogens with zero attached hydrogens (tertiary/aromatic N) is 4. The van der Waals surface area contributed by atoms with E-state index < -0.39 is 11.1 Å². The van der Waals surface area contributed by atoms with E-state index in [0.717, 1.165) is 44.8 Å². The minimum atomic E-state index is -0.653. The van der Waals surface area contributed by atoms with Crippen LogP contribution in [0.15, 0.2) is 207 Å². The number of aromatic nitrogens is 4. The number of imidazole rings is 2. The van der Waals surface area contributed by atoms with Crippen LogP contribution in [0.25, 0.3) is 11.4 Å². The summed E-state index contributed by atoms with van der Waals surface area (Å²) in [6.07, 6.45) is 8.16. The Hall–Kier alpha value is -6.26. The molecule has 0 fully saturated rings. The molecule has 0 aliphatic rings. The predicted octanol–water partition coefficient (Wildman–Crippen LogP) is 9.43. The van der Waals surface area contributed by atoms with Crippen molar-refractivity contribution < 1.29 is 0 Å². The Morgan fingerprint density at radius 2 is 0.500 bits per heavy atom. The Morgan fingerprint density at radius 3 is 0.708 bits per heavy atom. The third kappa shape index (κ3) is 4.78. The summed E-state index contributed by atoms with van der Waals surface area (Å²) in [5.41, 5.74) is 7.16. The van der Waals surface area contributed by atoms with Gasteiger partial charge >= 0.3 is 0 Å². The second-order valence-electron chi connectivity index (χ2n) is 11.9. The van der Waals surface area contributed by atoms with Crippen LogP contribution in [0.1, 0.15) is 33.4 Å². The van der Waals surface area contributed by atoms with Crippen molar-refractivity contribution in [2.45, 2.75) is 11.1 Å². The third-order valence-corrected chi connectivity index (χ3v) is 9.35. The van der Waals surface area contributed by atoms with E-state index >= 15 is 0 Å². The van der Waals surface area contributed by atoms with Gasteiger partial charge in [-0.05, 0) is 33.4 Å². The molecule has 6 aromatic carbocycles. The molecule has 0 radical (unpaired) electrons. The van der Waals surface area contributed by atoms with Gasteiger partial charge in [-0.3, -0.25) is 0 Å². The average molecular weight is 619 g/mol. The minimum Gasteiger partial charge on any atom is -0.318 e. The summed E-state index contributed by atoms with van der Waals surface area (Å²) in [5, 5.41) is 0. The summed E-state index contributed by atoms with van der Waals surface area (Å²) < 4.78 is 4.47. The summed E-state index contributed by atoms with van der Waals surface area (Å²) in [5.74, 6) is 0. The zero-order chi connectivity index (χ0) is 32.2. The van der Waals surface area contributed by atoms with Gasteiger partial charge in [0, 0.05) is 12.4 Å². The van der Waals surface area contributed by atoms with Gasteiger partial charge < -0.3 is 9.13 Å². The van der Waals surface area contributed by atoms with Crippen molar-refractivity contribution in [2.75, 3.05) is 0 Å². The number of hydrogen-bond acceptors (Lipinski definition) is 2. The molecule has 4 heteroatoms. The van der Waals surface area contributed by atoms with Crippen LogP contribution in [0.5, 0.6) is 0 Å². The van der Waals surface area contributed by atoms with E-state index in [0.29, 0.717) is 0 Å². The molecule has 0 aliphatic heterocycles. The third-order valence-electron chi connectivity index (χ3n) is 9.35. The molecule has 8 aromatic rings. The van der Waals surface area contributed by atoms with Crippen LogP contribution < -0.4 is 0 Å². The Morgan fingerprint density at radius 1 is 0.292 bits per heavy atom. The van der Waals surface area contributed by atoms with Crippen LogP contribution in [0.3, 0.4) is 0 Å². The van der Waals surface area contributed by atoms with Crippen LogP contribution in [0.4, 0.5) is 0 Å². The molecule has 2 aromatic heterocycles. The molecule has 0 unspecified atom stereocenters. The van der Waals surface area contributed by atoms with Crippen LogP contribution in [0, 0.1) is 0 Å². The maximum Gasteiger partial charge on any atom is 0.121 e. The molecule has 0 N–H and O–H groups in total. The van der Waals surface area contributed by atoms with Crippen molar-refractivity contribution in [3.8, 4) is 11.4 Å². The van der Waals surface area contributed by atoms with Crippen LogP contribution >= 0.6 is 0 Å². The minimum absolute atomic E-state index is 0.653. The SMILES string of the molecule is c1ccc(C(c2ccccc2)(c2ccccc2)n2cnc(-c3cn(C(c4ccccc4)(c4ccccc4)c4ccccc4)cn3)c2)cc1. The first-order chi connectivity index (χ1) is 23.8. The highest BCUT2D eigenvalue weighted by Gasteiger charge is 2.40. The molecule has 2 heterocycles. The van der Waals surface area contributed by atoms with Gasteiger partial charge in [0.1, 0.15) is 22.5 Å². The van der Waals surface area contributed by atoms with Crippen molar-refractivity contribution in [1.82, 2.24) is 19.1 Å². The van der Waals surface area contributed by atoms with Crippen LogP contribution in [0.2, 0.25) is 0 Å². The van der Waals surface area contributed by atoms with Crippen molar-refractivity contribution in [2.24, 2.45) is 0 Å². The molecule has 0 bridgehead atoms. The lowest BCUT2D eigenvalue weighted by molar-refractivity contribution is 0.514. The zero-order valence-electron chi connectivity index (χ0n) is 26.4. The van der Waals surface area contributed by atoms with Crippen LogP contribution in [-0.4, -0.2) is 19.1 Å². The molecule has 4 nitrogen and oxygen atoms in total. The first kappa shape index (κ1) is 29.2. The van der Waals surface area contributed by atoms with Gasteiger partial charge in [0.25, 0.3) is 0 Å². The molecule has 0 amide bonds. The number of benzene rings is 6. The fourth-order valence-electron chi connectivity index (χ4n) is 7.25. The van der Waals surface area contributed by atoms with Crippen LogP contribution in [-0.2, 0) is 11.1 Å². The Labute approximate surface area is 281 Å². The summed E-state index contributed by atoms with van der Waals surface area (Å²) >= 11 is 0. The standard InChI is InChI=1S/C44H34N4/c1-7-19-35(20-8-1)43(36-21-9-2-10-22-36,37-23-11-3-12-24-37)47-31-41(45-33-47)42-32-48(34-46-42)44(38-25-13-4-14-26-38,39-27-15-5-16-28-39)40-29-17-6-18-30-40/h1-34H. The van der Waals surface area contributed by atoms with E-state index in [4.69, 9.17) is 9.97 Å². The van der Waals surface area contributed by atoms with Gasteiger partial charge in [0.15, 0.2) is 0 Å². The van der Waals surface area contributed by atoms with Crippen molar-refractivity contribution in [3.05, 3.63) is 240 Å². The molecular weight excluding hydrogens is 585 g/mol. The smallest absolute Gasteiger partial charge is 0.121 e. The Kier molecular flexibility index (Phi) is 7.60. The highest BCUT2D eigenvalue weighted by molar-refractivity contribution is 5.58. The topological polar surface area (TPSA) is 35.6 Å². The summed E-state index contributed by atoms with van der Waals surface area (Å²) in [4.78, 5) is 10.1. The van der Waals surface area contributed by atoms with Gasteiger partial charge in [-0.2, -0.15) is 0 Å². The summed E-state index contributed by atoms with van der Waals surface area (Å²) in [7, 11) is 0. The molecule has 0 saturated carbocycles. The molecule has 0 aliphatic carbocycles. The monoisotopic (exact) mass is 618 g/mol. The number of rotatable bonds is 9. The summed E-state index contributed by atoms with van der Waals surface area (Å²) in [6, 6.07) is 64.0. The lowest BCUT2D eigenvalue weighted by atomic mass is 9.76. The lowest BCUT2D eigenvalue weighted by Gasteiger charge is -2.37. The van der Waals surface area contributed by atoms with Gasteiger partial charge in [0.05, 0.1) is 12.7 Å². The van der Waals surface area contributed by atoms with Gasteiger partial charge in [-0.1, -0.05) is 182 Å². The summed E-state index contributed by atoms with van der Waals surface area (Å²) in [6.45, 7) is 0. The first-order valence-corrected chi connectivity index (χ1v) is 16.2. The molecule has 230 valence electrons. The van der Waals surface area contributed by atoms with E-state index in [9.17, 15) is 0 Å². The molecule has 0 atom stereocenters. The van der Waals surface area contributed by atoms with Gasteiger partial charge in [0.2, 0.25) is 0 Å². The van der Waals surface area contributed by atoms with Crippen molar-refractivity contribution >= 4 is 0 Å². The van der Waals surface area contributed by atoms with Crippen molar-refractivity contribution in [3.63, 3.8) is 0 Å². The van der Waals surface area contributed by atoms with E-state index in [2.05, 4.69) is 204 Å². The highest BCUT2D eigenvalue weighted by atomic mass is 15.1. The van der Waals surface area contributed by atoms with Gasteiger partial charge in [-0.15, -0.1) is 0 Å². The second-order valence-corrected chi connectivity index (χ2v) is 11.9. The lowest BCUT2D eigenvalue weighted by Crippen LogP contribution is -2.37. The maximum atomic E-state index is 5.03. The normalized spacial score (nSPS) is 11.8. The van der Waals surface area contributed by atoms with Gasteiger partial charge in [-0.25, -0.2) is 9.97 Å². The van der Waals surface area contributed by atoms with E-state index in [1.807, 2.05) is 12.7 Å². The molecule has 0 spiro atoms. The van der Waals surface area contributed by atoms with E-state index in [1.54, 1.807) is 0 Å². The molecule has 8 rings (SSSR count). The van der Waals surface area contributed by atoms with E-state index in [1.165, 1.54) is 0 Å². The predicted molar refractivity (Wildman–Crippen MR) is 193 cm³/mol.